The van der Waals surface area contributed by atoms with Crippen LogP contribution in [0.15, 0.2) is 0 Å². The van der Waals surface area contributed by atoms with E-state index in [2.05, 4.69) is 5.32 Å². The molecule has 0 radical (unpaired) electrons. The van der Waals surface area contributed by atoms with Crippen molar-refractivity contribution < 1.29 is 14.7 Å². The van der Waals surface area contributed by atoms with Gasteiger partial charge in [-0.25, -0.2) is 4.79 Å². The molecule has 4 unspecified atom stereocenters. The first-order valence-corrected chi connectivity index (χ1v) is 5.76. The van der Waals surface area contributed by atoms with Crippen LogP contribution in [-0.4, -0.2) is 47.1 Å². The lowest BCUT2D eigenvalue weighted by Gasteiger charge is -2.28. The van der Waals surface area contributed by atoms with Crippen LogP contribution in [0, 0.1) is 5.92 Å². The van der Waals surface area contributed by atoms with Gasteiger partial charge in [0.15, 0.2) is 0 Å². The van der Waals surface area contributed by atoms with Crippen LogP contribution in [0.3, 0.4) is 0 Å². The third kappa shape index (κ3) is 1.80. The summed E-state index contributed by atoms with van der Waals surface area (Å²) in [7, 11) is 1.58. The van der Waals surface area contributed by atoms with Crippen molar-refractivity contribution in [1.29, 1.82) is 0 Å². The summed E-state index contributed by atoms with van der Waals surface area (Å²) in [6.45, 7) is 1.54. The van der Waals surface area contributed by atoms with Gasteiger partial charge in [0.2, 0.25) is 5.91 Å². The summed E-state index contributed by atoms with van der Waals surface area (Å²) in [6, 6.07) is -0.0138. The summed E-state index contributed by atoms with van der Waals surface area (Å²) >= 11 is 0. The highest BCUT2D eigenvalue weighted by Gasteiger charge is 2.44. The number of nitrogens with one attached hydrogen (secondary N) is 1. The summed E-state index contributed by atoms with van der Waals surface area (Å²) < 4.78 is 0. The fourth-order valence-corrected chi connectivity index (χ4v) is 2.72. The van der Waals surface area contributed by atoms with Gasteiger partial charge in [0.1, 0.15) is 6.04 Å². The number of hydrogen-bond donors (Lipinski definition) is 2. The van der Waals surface area contributed by atoms with E-state index in [1.54, 1.807) is 14.0 Å². The zero-order chi connectivity index (χ0) is 11.9. The first kappa shape index (κ1) is 11.4. The van der Waals surface area contributed by atoms with Crippen molar-refractivity contribution in [3.05, 3.63) is 0 Å². The van der Waals surface area contributed by atoms with Gasteiger partial charge in [-0.1, -0.05) is 0 Å². The summed E-state index contributed by atoms with van der Waals surface area (Å²) in [5.41, 5.74) is 0. The second-order valence-corrected chi connectivity index (χ2v) is 4.85. The highest BCUT2D eigenvalue weighted by Crippen LogP contribution is 2.34. The Labute approximate surface area is 94.8 Å². The highest BCUT2D eigenvalue weighted by molar-refractivity contribution is 5.85. The molecule has 2 aliphatic heterocycles. The third-order valence-electron chi connectivity index (χ3n) is 3.90. The van der Waals surface area contributed by atoms with E-state index in [4.69, 9.17) is 5.11 Å². The maximum atomic E-state index is 12.1. The summed E-state index contributed by atoms with van der Waals surface area (Å²) in [5.74, 6) is -1.01. The Morgan fingerprint density at radius 2 is 2.12 bits per heavy atom. The number of amides is 1. The molecule has 2 heterocycles. The van der Waals surface area contributed by atoms with E-state index in [1.807, 2.05) is 0 Å². The molecule has 0 aliphatic carbocycles. The van der Waals surface area contributed by atoms with Gasteiger partial charge in [-0.3, -0.25) is 4.79 Å². The molecule has 2 fully saturated rings. The molecule has 5 nitrogen and oxygen atoms in total. The molecule has 0 aromatic rings. The molecule has 0 saturated carbocycles. The van der Waals surface area contributed by atoms with Crippen LogP contribution in [0.5, 0.6) is 0 Å². The number of likely N-dealkylation sites (N-methyl/N-ethyl adjacent to an activating group) is 1. The Bertz CT molecular complexity index is 318. The van der Waals surface area contributed by atoms with E-state index in [1.165, 1.54) is 4.90 Å². The normalized spacial score (nSPS) is 33.8. The van der Waals surface area contributed by atoms with Gasteiger partial charge < -0.3 is 15.3 Å². The monoisotopic (exact) mass is 226 g/mol. The van der Waals surface area contributed by atoms with Crippen molar-refractivity contribution in [2.24, 2.45) is 5.92 Å². The van der Waals surface area contributed by atoms with Crippen LogP contribution < -0.4 is 5.32 Å². The van der Waals surface area contributed by atoms with E-state index < -0.39 is 12.0 Å². The first-order chi connectivity index (χ1) is 7.50. The first-order valence-electron chi connectivity index (χ1n) is 5.76. The molecular formula is C11H18N2O3. The van der Waals surface area contributed by atoms with Crippen LogP contribution >= 0.6 is 0 Å². The van der Waals surface area contributed by atoms with Crippen LogP contribution in [0.2, 0.25) is 0 Å². The number of carbonyl (C=O) groups is 2. The van der Waals surface area contributed by atoms with E-state index in [-0.39, 0.29) is 17.9 Å². The number of carboxylic acid groups (broad SMARTS) is 1. The summed E-state index contributed by atoms with van der Waals surface area (Å²) in [5, 5.41) is 12.3. The van der Waals surface area contributed by atoms with Crippen LogP contribution in [0.1, 0.15) is 26.2 Å². The molecule has 5 heteroatoms. The van der Waals surface area contributed by atoms with Gasteiger partial charge in [-0.15, -0.1) is 0 Å². The van der Waals surface area contributed by atoms with Gasteiger partial charge in [0.25, 0.3) is 0 Å². The van der Waals surface area contributed by atoms with Gasteiger partial charge in [0, 0.05) is 19.1 Å². The van der Waals surface area contributed by atoms with Crippen LogP contribution in [-0.2, 0) is 9.59 Å². The van der Waals surface area contributed by atoms with Crippen molar-refractivity contribution in [2.45, 2.75) is 44.3 Å². The Balaban J connectivity index is 2.00. The van der Waals surface area contributed by atoms with Crippen molar-refractivity contribution in [3.8, 4) is 0 Å². The fraction of sp³-hybridized carbons (Fsp3) is 0.818. The molecular weight excluding hydrogens is 208 g/mol. The number of aliphatic carboxylic acids is 1. The molecule has 2 N–H and O–H groups in total. The molecule has 2 bridgehead atoms. The van der Waals surface area contributed by atoms with Gasteiger partial charge in [0.05, 0.1) is 5.92 Å². The summed E-state index contributed by atoms with van der Waals surface area (Å²) in [6.07, 6.45) is 3.04. The minimum absolute atomic E-state index is 0.0226. The zero-order valence-corrected chi connectivity index (χ0v) is 9.64. The number of nitrogens with zero attached hydrogens (tertiary/aromatic N) is 1. The lowest BCUT2D eigenvalue weighted by molar-refractivity contribution is -0.150. The maximum absolute atomic E-state index is 12.1. The quantitative estimate of drug-likeness (QED) is 0.714. The molecule has 16 heavy (non-hydrogen) atoms. The predicted octanol–water partition coefficient (Wildman–Crippen LogP) is 0.0584. The average Bonchev–Trinajstić information content (AvgIpc) is 2.87. The molecule has 0 aromatic heterocycles. The van der Waals surface area contributed by atoms with Crippen LogP contribution in [0.4, 0.5) is 0 Å². The van der Waals surface area contributed by atoms with E-state index >= 15 is 0 Å². The van der Waals surface area contributed by atoms with E-state index in [0.717, 1.165) is 19.3 Å². The minimum Gasteiger partial charge on any atom is -0.480 e. The molecule has 90 valence electrons. The molecule has 2 aliphatic rings. The van der Waals surface area contributed by atoms with Crippen molar-refractivity contribution in [3.63, 3.8) is 0 Å². The topological polar surface area (TPSA) is 69.6 Å². The second kappa shape index (κ2) is 4.05. The Hall–Kier alpha value is -1.10. The fourth-order valence-electron chi connectivity index (χ4n) is 2.72. The zero-order valence-electron chi connectivity index (χ0n) is 9.64. The van der Waals surface area contributed by atoms with E-state index in [9.17, 15) is 9.59 Å². The Morgan fingerprint density at radius 3 is 2.56 bits per heavy atom. The highest BCUT2D eigenvalue weighted by atomic mass is 16.4. The van der Waals surface area contributed by atoms with Gasteiger partial charge in [-0.2, -0.15) is 0 Å². The SMILES string of the molecule is CC(C(=O)O)N(C)C(=O)C1CC2CCC1N2. The Kier molecular flexibility index (Phi) is 2.88. The molecule has 0 spiro atoms. The number of carbonyl (C=O) groups excluding carboxylic acids is 1. The average molecular weight is 226 g/mol. The standard InChI is InChI=1S/C11H18N2O3/c1-6(11(15)16)13(2)10(14)8-5-7-3-4-9(8)12-7/h6-9,12H,3-5H2,1-2H3,(H,15,16). The largest absolute Gasteiger partial charge is 0.480 e. The van der Waals surface area contributed by atoms with Crippen molar-refractivity contribution >= 4 is 11.9 Å². The second-order valence-electron chi connectivity index (χ2n) is 4.85. The molecule has 2 rings (SSSR count). The van der Waals surface area contributed by atoms with Crippen molar-refractivity contribution in [2.75, 3.05) is 7.05 Å². The third-order valence-corrected chi connectivity index (χ3v) is 3.90. The predicted molar refractivity (Wildman–Crippen MR) is 57.9 cm³/mol. The van der Waals surface area contributed by atoms with Gasteiger partial charge >= 0.3 is 5.97 Å². The van der Waals surface area contributed by atoms with E-state index in [0.29, 0.717) is 6.04 Å². The number of hydrogen-bond acceptors (Lipinski definition) is 3. The molecule has 4 atom stereocenters. The number of fused-ring (bicyclic) bond motifs is 2. The van der Waals surface area contributed by atoms with Gasteiger partial charge in [-0.05, 0) is 26.2 Å². The lowest BCUT2D eigenvalue weighted by Crippen LogP contribution is -2.46. The Morgan fingerprint density at radius 1 is 1.44 bits per heavy atom. The molecule has 1 amide bonds. The van der Waals surface area contributed by atoms with Crippen molar-refractivity contribution in [1.82, 2.24) is 10.2 Å². The molecule has 2 saturated heterocycles. The van der Waals surface area contributed by atoms with Crippen LogP contribution in [0.25, 0.3) is 0 Å². The maximum Gasteiger partial charge on any atom is 0.326 e. The lowest BCUT2D eigenvalue weighted by atomic mass is 9.88. The molecule has 0 aromatic carbocycles. The number of carboxylic acids is 1. The minimum atomic E-state index is -0.952. The number of rotatable bonds is 3. The summed E-state index contributed by atoms with van der Waals surface area (Å²) in [4.78, 5) is 24.3. The smallest absolute Gasteiger partial charge is 0.326 e.